The van der Waals surface area contributed by atoms with Crippen LogP contribution in [-0.2, 0) is 4.79 Å². The number of anilines is 1. The van der Waals surface area contributed by atoms with Crippen LogP contribution in [0.2, 0.25) is 0 Å². The van der Waals surface area contributed by atoms with Crippen molar-refractivity contribution in [2.45, 2.75) is 5.92 Å². The molecule has 1 unspecified atom stereocenters. The Labute approximate surface area is 146 Å². The minimum Gasteiger partial charge on any atom is -0.497 e. The van der Waals surface area contributed by atoms with Crippen molar-refractivity contribution in [3.05, 3.63) is 59.7 Å². The summed E-state index contributed by atoms with van der Waals surface area (Å²) in [7, 11) is 1.66. The van der Waals surface area contributed by atoms with E-state index in [-0.39, 0.29) is 30.8 Å². The lowest BCUT2D eigenvalue weighted by Crippen LogP contribution is -2.37. The van der Waals surface area contributed by atoms with Gasteiger partial charge < -0.3 is 10.1 Å². The lowest BCUT2D eigenvalue weighted by atomic mass is 9.90. The summed E-state index contributed by atoms with van der Waals surface area (Å²) in [5, 5.41) is 3.30. The molecule has 1 N–H and O–H groups in total. The second-order valence-corrected chi connectivity index (χ2v) is 5.68. The van der Waals surface area contributed by atoms with E-state index in [2.05, 4.69) is 28.5 Å². The van der Waals surface area contributed by atoms with Gasteiger partial charge in [-0.25, -0.2) is 4.99 Å². The molecule has 1 amide bonds. The van der Waals surface area contributed by atoms with Crippen LogP contribution in [-0.4, -0.2) is 37.0 Å². The second-order valence-electron chi connectivity index (χ2n) is 5.68. The number of rotatable bonds is 2. The zero-order chi connectivity index (χ0) is 15.8. The van der Waals surface area contributed by atoms with Gasteiger partial charge in [-0.3, -0.25) is 9.69 Å². The molecule has 6 heteroatoms. The van der Waals surface area contributed by atoms with Gasteiger partial charge in [-0.05, 0) is 29.3 Å². The Hall–Kier alpha value is -2.53. The molecule has 0 fully saturated rings. The summed E-state index contributed by atoms with van der Waals surface area (Å²) in [6.07, 6.45) is 0. The highest BCUT2D eigenvalue weighted by Gasteiger charge is 2.33. The Bertz CT molecular complexity index is 789. The number of nitrogens with one attached hydrogen (secondary N) is 1. The van der Waals surface area contributed by atoms with E-state index in [0.29, 0.717) is 12.5 Å². The largest absolute Gasteiger partial charge is 0.497 e. The van der Waals surface area contributed by atoms with Gasteiger partial charge in [0.2, 0.25) is 5.96 Å². The fourth-order valence-electron chi connectivity index (χ4n) is 3.16. The van der Waals surface area contributed by atoms with Crippen molar-refractivity contribution >= 4 is 30.0 Å². The first-order valence-electron chi connectivity index (χ1n) is 7.61. The average Bonchev–Trinajstić information content (AvgIpc) is 2.84. The maximum Gasteiger partial charge on any atom is 0.251 e. The van der Waals surface area contributed by atoms with E-state index in [9.17, 15) is 4.79 Å². The number of fused-ring (bicyclic) bond motifs is 2. The molecule has 2 aromatic rings. The number of carbonyl (C=O) groups is 1. The first-order chi connectivity index (χ1) is 11.3. The van der Waals surface area contributed by atoms with Crippen LogP contribution in [0.5, 0.6) is 5.75 Å². The molecule has 0 spiro atoms. The Balaban J connectivity index is 0.00000169. The number of guanidine groups is 1. The third-order valence-corrected chi connectivity index (χ3v) is 4.39. The van der Waals surface area contributed by atoms with Gasteiger partial charge in [0.15, 0.2) is 0 Å². The number of ether oxygens (including phenoxy) is 1. The van der Waals surface area contributed by atoms with Gasteiger partial charge in [-0.1, -0.05) is 30.3 Å². The summed E-state index contributed by atoms with van der Waals surface area (Å²) in [5.74, 6) is 1.62. The van der Waals surface area contributed by atoms with Gasteiger partial charge in [-0.15, -0.1) is 12.4 Å². The van der Waals surface area contributed by atoms with E-state index in [4.69, 9.17) is 4.74 Å². The number of benzene rings is 2. The maximum atomic E-state index is 12.1. The van der Waals surface area contributed by atoms with E-state index in [0.717, 1.165) is 17.0 Å². The number of para-hydroxylation sites is 1. The van der Waals surface area contributed by atoms with Crippen molar-refractivity contribution < 1.29 is 9.53 Å². The van der Waals surface area contributed by atoms with Crippen molar-refractivity contribution in [2.75, 3.05) is 25.5 Å². The van der Waals surface area contributed by atoms with Crippen molar-refractivity contribution in [1.82, 2.24) is 4.90 Å². The van der Waals surface area contributed by atoms with E-state index in [1.165, 1.54) is 5.56 Å². The molecule has 0 radical (unpaired) electrons. The number of methoxy groups -OCH3 is 1. The van der Waals surface area contributed by atoms with E-state index in [1.807, 2.05) is 30.3 Å². The van der Waals surface area contributed by atoms with Crippen molar-refractivity contribution in [3.8, 4) is 5.75 Å². The highest BCUT2D eigenvalue weighted by molar-refractivity contribution is 6.09. The topological polar surface area (TPSA) is 53.9 Å². The standard InChI is InChI=1S/C18H17N3O2.ClH/c1-23-13-8-6-12(7-9-13)15-11-21-17(22)10-19-18(21)20-16-5-3-2-4-14(15)16;/h2-9,15H,10-11H2,1H3,(H,19,20);1H. The van der Waals surface area contributed by atoms with Crippen LogP contribution in [0.1, 0.15) is 17.0 Å². The van der Waals surface area contributed by atoms with Crippen molar-refractivity contribution in [3.63, 3.8) is 0 Å². The van der Waals surface area contributed by atoms with Crippen LogP contribution < -0.4 is 10.1 Å². The van der Waals surface area contributed by atoms with Crippen LogP contribution in [0.25, 0.3) is 0 Å². The van der Waals surface area contributed by atoms with Gasteiger partial charge in [-0.2, -0.15) is 0 Å². The van der Waals surface area contributed by atoms with Crippen LogP contribution in [0, 0.1) is 0 Å². The zero-order valence-corrected chi connectivity index (χ0v) is 14.0. The molecular formula is C18H18ClN3O2. The van der Waals surface area contributed by atoms with Crippen LogP contribution in [0.15, 0.2) is 53.5 Å². The molecule has 124 valence electrons. The minimum atomic E-state index is 0. The van der Waals surface area contributed by atoms with Crippen molar-refractivity contribution in [1.29, 1.82) is 0 Å². The number of nitrogens with zero attached hydrogens (tertiary/aromatic N) is 2. The van der Waals surface area contributed by atoms with Crippen LogP contribution in [0.3, 0.4) is 0 Å². The van der Waals surface area contributed by atoms with Gasteiger partial charge in [0, 0.05) is 18.2 Å². The van der Waals surface area contributed by atoms with Gasteiger partial charge in [0.25, 0.3) is 5.91 Å². The lowest BCUT2D eigenvalue weighted by molar-refractivity contribution is -0.124. The average molecular weight is 344 g/mol. The van der Waals surface area contributed by atoms with Crippen molar-refractivity contribution in [2.24, 2.45) is 4.99 Å². The molecule has 2 aromatic carbocycles. The number of hydrogen-bond acceptors (Lipinski definition) is 4. The quantitative estimate of drug-likeness (QED) is 0.912. The molecule has 1 atom stereocenters. The maximum absolute atomic E-state index is 12.1. The van der Waals surface area contributed by atoms with E-state index < -0.39 is 0 Å². The van der Waals surface area contributed by atoms with Crippen LogP contribution >= 0.6 is 12.4 Å². The number of halogens is 1. The third-order valence-electron chi connectivity index (χ3n) is 4.39. The predicted molar refractivity (Wildman–Crippen MR) is 96.2 cm³/mol. The molecule has 2 heterocycles. The number of aliphatic imine (C=N–C) groups is 1. The molecule has 0 aromatic heterocycles. The smallest absolute Gasteiger partial charge is 0.251 e. The fourth-order valence-corrected chi connectivity index (χ4v) is 3.16. The second kappa shape index (κ2) is 6.53. The summed E-state index contributed by atoms with van der Waals surface area (Å²) in [5.41, 5.74) is 3.33. The molecule has 0 aliphatic carbocycles. The first kappa shape index (κ1) is 16.3. The predicted octanol–water partition coefficient (Wildman–Crippen LogP) is 2.87. The van der Waals surface area contributed by atoms with Crippen LogP contribution in [0.4, 0.5) is 5.69 Å². The molecule has 2 aliphatic heterocycles. The van der Waals surface area contributed by atoms with E-state index >= 15 is 0 Å². The van der Waals surface area contributed by atoms with Gasteiger partial charge in [0.05, 0.1) is 7.11 Å². The molecule has 4 rings (SSSR count). The summed E-state index contributed by atoms with van der Waals surface area (Å²) >= 11 is 0. The molecule has 0 saturated carbocycles. The zero-order valence-electron chi connectivity index (χ0n) is 13.2. The fraction of sp³-hybridized carbons (Fsp3) is 0.222. The summed E-state index contributed by atoms with van der Waals surface area (Å²) in [6, 6.07) is 16.2. The third kappa shape index (κ3) is 2.71. The molecule has 5 nitrogen and oxygen atoms in total. The Morgan fingerprint density at radius 1 is 1.17 bits per heavy atom. The lowest BCUT2D eigenvalue weighted by Gasteiger charge is -2.22. The number of hydrogen-bond donors (Lipinski definition) is 1. The molecule has 0 saturated heterocycles. The monoisotopic (exact) mass is 343 g/mol. The summed E-state index contributed by atoms with van der Waals surface area (Å²) in [6.45, 7) is 0.813. The SMILES string of the molecule is COc1ccc(C2CN3C(=O)CN=C3Nc3ccccc32)cc1.Cl. The minimum absolute atomic E-state index is 0. The Morgan fingerprint density at radius 2 is 1.92 bits per heavy atom. The molecule has 24 heavy (non-hydrogen) atoms. The highest BCUT2D eigenvalue weighted by atomic mass is 35.5. The summed E-state index contributed by atoms with van der Waals surface area (Å²) in [4.78, 5) is 18.2. The molecular weight excluding hydrogens is 326 g/mol. The van der Waals surface area contributed by atoms with Gasteiger partial charge >= 0.3 is 0 Å². The number of amides is 1. The van der Waals surface area contributed by atoms with Gasteiger partial charge in [0.1, 0.15) is 12.3 Å². The highest BCUT2D eigenvalue weighted by Crippen LogP contribution is 2.35. The normalized spacial score (nSPS) is 18.5. The molecule has 0 bridgehead atoms. The van der Waals surface area contributed by atoms with E-state index in [1.54, 1.807) is 12.0 Å². The summed E-state index contributed by atoms with van der Waals surface area (Å²) < 4.78 is 5.24. The Morgan fingerprint density at radius 3 is 2.67 bits per heavy atom. The molecule has 2 aliphatic rings. The Kier molecular flexibility index (Phi) is 4.44. The first-order valence-corrected chi connectivity index (χ1v) is 7.61. The number of carbonyl (C=O) groups excluding carboxylic acids is 1.